The van der Waals surface area contributed by atoms with Gasteiger partial charge in [0.25, 0.3) is 11.8 Å². The van der Waals surface area contributed by atoms with Crippen LogP contribution >= 0.6 is 0 Å². The summed E-state index contributed by atoms with van der Waals surface area (Å²) in [6, 6.07) is 8.94. The zero-order chi connectivity index (χ0) is 33.8. The van der Waals surface area contributed by atoms with Gasteiger partial charge < -0.3 is 36.4 Å². The smallest absolute Gasteiger partial charge is 0.255 e. The summed E-state index contributed by atoms with van der Waals surface area (Å²) in [5, 5.41) is 48.2. The first-order valence-corrected chi connectivity index (χ1v) is 16.0. The molecule has 4 atom stereocenters. The number of amides is 2. The molecule has 2 amide bonds. The Hall–Kier alpha value is -4.52. The molecule has 1 fully saturated rings. The van der Waals surface area contributed by atoms with Gasteiger partial charge in [-0.05, 0) is 93.7 Å². The number of aliphatic hydroxyl groups excluding tert-OH is 2. The van der Waals surface area contributed by atoms with Gasteiger partial charge in [-0.1, -0.05) is 24.6 Å². The molecule has 4 aliphatic rings. The van der Waals surface area contributed by atoms with E-state index in [1.165, 1.54) is 30.2 Å². The number of fused-ring (bicyclic) bond motifs is 3. The maximum atomic E-state index is 14.1. The van der Waals surface area contributed by atoms with Gasteiger partial charge in [-0.15, -0.1) is 0 Å². The second-order valence-corrected chi connectivity index (χ2v) is 13.2. The van der Waals surface area contributed by atoms with E-state index in [0.29, 0.717) is 28.8 Å². The number of phenols is 1. The molecule has 1 heterocycles. The molecule has 0 aromatic heterocycles. The summed E-state index contributed by atoms with van der Waals surface area (Å²) in [6.45, 7) is 3.35. The molecular weight excluding hydrogens is 604 g/mol. The minimum atomic E-state index is -2.70. The van der Waals surface area contributed by atoms with E-state index in [-0.39, 0.29) is 35.6 Å². The monoisotopic (exact) mass is 644 g/mol. The quantitative estimate of drug-likeness (QED) is 0.243. The molecule has 0 unspecified atom stereocenters. The molecule has 2 aromatic rings. The number of likely N-dealkylation sites (tertiary alicyclic amines) is 1. The minimum Gasteiger partial charge on any atom is -0.510 e. The lowest BCUT2D eigenvalue weighted by Gasteiger charge is -2.50. The number of aliphatic hydroxyl groups is 3. The summed E-state index contributed by atoms with van der Waals surface area (Å²) < 4.78 is 0. The van der Waals surface area contributed by atoms with Crippen molar-refractivity contribution in [2.45, 2.75) is 43.7 Å². The summed E-state index contributed by atoms with van der Waals surface area (Å²) in [6.07, 6.45) is 3.70. The average molecular weight is 645 g/mol. The van der Waals surface area contributed by atoms with Gasteiger partial charge in [-0.3, -0.25) is 24.1 Å². The Kier molecular flexibility index (Phi) is 8.45. The van der Waals surface area contributed by atoms with Crippen LogP contribution in [0.1, 0.15) is 52.0 Å². The molecular formula is C35H40N4O8. The predicted molar refractivity (Wildman–Crippen MR) is 172 cm³/mol. The molecule has 1 aliphatic heterocycles. The van der Waals surface area contributed by atoms with E-state index in [0.717, 1.165) is 19.6 Å². The molecule has 12 heteroatoms. The van der Waals surface area contributed by atoms with E-state index < -0.39 is 58.0 Å². The number of primary amides is 1. The van der Waals surface area contributed by atoms with Crippen LogP contribution in [0, 0.1) is 11.8 Å². The third-order valence-electron chi connectivity index (χ3n) is 10.2. The Morgan fingerprint density at radius 2 is 1.79 bits per heavy atom. The van der Waals surface area contributed by atoms with Crippen LogP contribution in [-0.4, -0.2) is 106 Å². The number of hydrogen-bond donors (Lipinski definition) is 6. The Bertz CT molecular complexity index is 1740. The summed E-state index contributed by atoms with van der Waals surface area (Å²) in [4.78, 5) is 56.7. The molecule has 0 bridgehead atoms. The highest BCUT2D eigenvalue weighted by atomic mass is 16.3. The normalized spacial score (nSPS) is 26.2. The Labute approximate surface area is 272 Å². The lowest BCUT2D eigenvalue weighted by Crippen LogP contribution is -2.63. The predicted octanol–water partition coefficient (Wildman–Crippen LogP) is 2.00. The number of carbonyl (C=O) groups excluding carboxylic acids is 4. The third-order valence-corrected chi connectivity index (χ3v) is 10.2. The Morgan fingerprint density at radius 1 is 1.06 bits per heavy atom. The molecule has 12 nitrogen and oxygen atoms in total. The number of nitrogens with two attached hydrogens (primary N) is 1. The molecule has 7 N–H and O–H groups in total. The van der Waals surface area contributed by atoms with Gasteiger partial charge in [0, 0.05) is 30.1 Å². The van der Waals surface area contributed by atoms with E-state index in [4.69, 9.17) is 5.73 Å². The van der Waals surface area contributed by atoms with Gasteiger partial charge in [-0.25, -0.2) is 0 Å². The second-order valence-electron chi connectivity index (χ2n) is 13.2. The summed E-state index contributed by atoms with van der Waals surface area (Å²) >= 11 is 0. The number of Topliss-reactive ketones (excluding diaryl/α,β-unsaturated/α-hetero) is 2. The SMILES string of the molecule is CN(C)[C@@H]1C(O)=C(C(N)=O)C(=O)[C@@]2(O)C(O)=C3C(=O)c4c(O)ccc(-c5cccc(C(=O)NCCN6CCCCC6)c5)c4C[C@H]3C[C@@H]12. The van der Waals surface area contributed by atoms with Crippen molar-refractivity contribution in [3.63, 3.8) is 0 Å². The first-order valence-electron chi connectivity index (χ1n) is 16.0. The van der Waals surface area contributed by atoms with Crippen LogP contribution in [0.3, 0.4) is 0 Å². The van der Waals surface area contributed by atoms with Crippen molar-refractivity contribution in [1.82, 2.24) is 15.1 Å². The number of phenolic OH excluding ortho intramolecular Hbond substituents is 1. The minimum absolute atomic E-state index is 0.0136. The van der Waals surface area contributed by atoms with Crippen molar-refractivity contribution in [3.05, 3.63) is 75.8 Å². The van der Waals surface area contributed by atoms with Crippen LogP contribution in [0.5, 0.6) is 5.75 Å². The molecule has 0 radical (unpaired) electrons. The Balaban J connectivity index is 1.35. The molecule has 6 rings (SSSR count). The first-order chi connectivity index (χ1) is 22.4. The number of aromatic hydroxyl groups is 1. The van der Waals surface area contributed by atoms with Crippen LogP contribution in [0.2, 0.25) is 0 Å². The van der Waals surface area contributed by atoms with Crippen molar-refractivity contribution >= 4 is 23.4 Å². The number of ketones is 2. The van der Waals surface area contributed by atoms with Crippen molar-refractivity contribution in [2.24, 2.45) is 17.6 Å². The fourth-order valence-electron chi connectivity index (χ4n) is 7.96. The molecule has 3 aliphatic carbocycles. The van der Waals surface area contributed by atoms with E-state index >= 15 is 0 Å². The molecule has 0 spiro atoms. The zero-order valence-electron chi connectivity index (χ0n) is 26.5. The van der Waals surface area contributed by atoms with Crippen LogP contribution in [-0.2, 0) is 16.0 Å². The number of piperidine rings is 1. The third kappa shape index (κ3) is 5.30. The lowest BCUT2D eigenvalue weighted by molar-refractivity contribution is -0.148. The number of nitrogens with one attached hydrogen (secondary N) is 1. The second kappa shape index (κ2) is 12.3. The fraction of sp³-hybridized carbons (Fsp3) is 0.429. The molecule has 1 saturated heterocycles. The maximum absolute atomic E-state index is 14.1. The average Bonchev–Trinajstić information content (AvgIpc) is 3.03. The summed E-state index contributed by atoms with van der Waals surface area (Å²) in [5.41, 5.74) is 3.73. The van der Waals surface area contributed by atoms with Crippen molar-refractivity contribution < 1.29 is 39.6 Å². The van der Waals surface area contributed by atoms with Crippen LogP contribution in [0.15, 0.2) is 59.1 Å². The number of hydrogen-bond acceptors (Lipinski definition) is 10. The Morgan fingerprint density at radius 3 is 2.47 bits per heavy atom. The zero-order valence-corrected chi connectivity index (χ0v) is 26.5. The van der Waals surface area contributed by atoms with Crippen molar-refractivity contribution in [1.29, 1.82) is 0 Å². The van der Waals surface area contributed by atoms with Gasteiger partial charge in [0.2, 0.25) is 5.78 Å². The van der Waals surface area contributed by atoms with Crippen LogP contribution in [0.4, 0.5) is 0 Å². The van der Waals surface area contributed by atoms with E-state index in [1.54, 1.807) is 44.4 Å². The van der Waals surface area contributed by atoms with E-state index in [2.05, 4.69) is 10.2 Å². The van der Waals surface area contributed by atoms with Crippen molar-refractivity contribution in [2.75, 3.05) is 40.3 Å². The summed E-state index contributed by atoms with van der Waals surface area (Å²) in [5.74, 6) is -7.24. The number of benzene rings is 2. The molecule has 2 aromatic carbocycles. The highest BCUT2D eigenvalue weighted by molar-refractivity contribution is 6.25. The van der Waals surface area contributed by atoms with Crippen LogP contribution in [0.25, 0.3) is 11.1 Å². The van der Waals surface area contributed by atoms with E-state index in [9.17, 15) is 39.6 Å². The van der Waals surface area contributed by atoms with Gasteiger partial charge in [-0.2, -0.15) is 0 Å². The molecule has 248 valence electrons. The van der Waals surface area contributed by atoms with Crippen molar-refractivity contribution in [3.8, 4) is 16.9 Å². The number of likely N-dealkylation sites (N-methyl/N-ethyl adjacent to an activating group) is 1. The van der Waals surface area contributed by atoms with Gasteiger partial charge >= 0.3 is 0 Å². The van der Waals surface area contributed by atoms with E-state index in [1.807, 2.05) is 0 Å². The number of allylic oxidation sites excluding steroid dienone is 1. The molecule has 0 saturated carbocycles. The van der Waals surface area contributed by atoms with Gasteiger partial charge in [0.15, 0.2) is 11.4 Å². The van der Waals surface area contributed by atoms with Crippen LogP contribution < -0.4 is 11.1 Å². The maximum Gasteiger partial charge on any atom is 0.255 e. The fourth-order valence-corrected chi connectivity index (χ4v) is 7.96. The molecule has 47 heavy (non-hydrogen) atoms. The largest absolute Gasteiger partial charge is 0.510 e. The number of nitrogens with zero attached hydrogens (tertiary/aromatic N) is 2. The van der Waals surface area contributed by atoms with Gasteiger partial charge in [0.1, 0.15) is 22.8 Å². The number of carbonyl (C=O) groups is 4. The van der Waals surface area contributed by atoms with Gasteiger partial charge in [0.05, 0.1) is 11.6 Å². The lowest BCUT2D eigenvalue weighted by atomic mass is 9.58. The topological polar surface area (TPSA) is 194 Å². The standard InChI is InChI=1S/C35H40N4O8/c1-38(2)28-23-17-20-16-22-21(18-7-6-8-19(15-18)34(46)37-11-14-39-12-4-3-5-13-39)9-10-24(40)26(22)29(41)25(20)31(43)35(23,47)32(44)27(30(28)42)33(36)45/h6-10,15,20,23,28,40,42-43,47H,3-5,11-14,16-17H2,1-2H3,(H2,36,45)(H,37,46)/t20-,23-,28-,35-/m0/s1. The highest BCUT2D eigenvalue weighted by Gasteiger charge is 2.63. The summed E-state index contributed by atoms with van der Waals surface area (Å²) in [7, 11) is 3.17. The first kappa shape index (κ1) is 32.4. The highest BCUT2D eigenvalue weighted by Crippen LogP contribution is 2.53. The number of rotatable bonds is 7.